The van der Waals surface area contributed by atoms with E-state index >= 15 is 0 Å². The van der Waals surface area contributed by atoms with Gasteiger partial charge in [0.25, 0.3) is 0 Å². The molecule has 0 aromatic rings. The van der Waals surface area contributed by atoms with E-state index < -0.39 is 88.6 Å². The zero-order valence-electron chi connectivity index (χ0n) is 23.3. The largest absolute Gasteiger partial charge is 0.459 e. The summed E-state index contributed by atoms with van der Waals surface area (Å²) >= 11 is 6.69. The first-order chi connectivity index (χ1) is 18.5. The van der Waals surface area contributed by atoms with Crippen LogP contribution in [0.2, 0.25) is 0 Å². The summed E-state index contributed by atoms with van der Waals surface area (Å²) in [5.74, 6) is -6.13. The Morgan fingerprint density at radius 3 is 2.02 bits per heavy atom. The third-order valence-electron chi connectivity index (χ3n) is 7.94. The van der Waals surface area contributed by atoms with Crippen molar-refractivity contribution < 1.29 is 52.8 Å². The zero-order chi connectivity index (χ0) is 30.3. The normalized spacial score (nSPS) is 40.0. The highest BCUT2D eigenvalue weighted by molar-refractivity contribution is 6.23. The number of halogens is 1. The number of ether oxygens (including phenoxy) is 5. The standard InChI is InChI=1S/C28H35ClO11/c1-12-9-10-20(37-16(5)31)27(8)21(13(2)11-19(36-15(4)30)23(27)38-17(6)32)24(39-18(7)33)28(35)14(3)26(34)40-25(28)22(12)29/h9-10,14,19-25,35H,1-2,11H2,3-8H3/b10-9+/t14-,19-,20-,21+,22-,23-,24?,25-,27+,28+/m0/s1. The molecule has 2 aliphatic carbocycles. The smallest absolute Gasteiger partial charge is 0.312 e. The lowest BCUT2D eigenvalue weighted by Crippen LogP contribution is -2.68. The number of aliphatic hydroxyl groups is 1. The first kappa shape index (κ1) is 31.3. The van der Waals surface area contributed by atoms with Crippen molar-refractivity contribution in [3.05, 3.63) is 36.5 Å². The Balaban J connectivity index is 2.45. The molecule has 1 N–H and O–H groups in total. The lowest BCUT2D eigenvalue weighted by Gasteiger charge is -2.56. The number of hydrogen-bond acceptors (Lipinski definition) is 11. The lowest BCUT2D eigenvalue weighted by atomic mass is 9.54. The van der Waals surface area contributed by atoms with E-state index in [2.05, 4.69) is 13.2 Å². The summed E-state index contributed by atoms with van der Waals surface area (Å²) in [4.78, 5) is 62.3. The Bertz CT molecular complexity index is 1160. The van der Waals surface area contributed by atoms with E-state index in [1.165, 1.54) is 32.9 Å². The molecule has 1 saturated carbocycles. The maximum atomic E-state index is 12.9. The van der Waals surface area contributed by atoms with Crippen molar-refractivity contribution in [1.29, 1.82) is 0 Å². The van der Waals surface area contributed by atoms with Gasteiger partial charge in [0.1, 0.15) is 24.4 Å². The molecule has 0 amide bonds. The SMILES string of the molecule is C=C1C[C@H](OC(C)=O)[C@H](OC(C)=O)[C@]2(C)[C@@H](OC(C)=O)/C=C/C(=C)[C@H](Cl)[C@@H]3OC(=O)[C@H](C)[C@@]3(O)C(OC(C)=O)[C@@H]12. The molecule has 10 atom stereocenters. The Labute approximate surface area is 237 Å². The maximum Gasteiger partial charge on any atom is 0.312 e. The van der Waals surface area contributed by atoms with Gasteiger partial charge < -0.3 is 28.8 Å². The molecule has 40 heavy (non-hydrogen) atoms. The minimum Gasteiger partial charge on any atom is -0.459 e. The Hall–Kier alpha value is -3.18. The Kier molecular flexibility index (Phi) is 8.91. The zero-order valence-corrected chi connectivity index (χ0v) is 24.1. The molecule has 220 valence electrons. The number of fused-ring (bicyclic) bond motifs is 2. The van der Waals surface area contributed by atoms with Crippen LogP contribution >= 0.6 is 11.6 Å². The predicted molar refractivity (Wildman–Crippen MR) is 139 cm³/mol. The van der Waals surface area contributed by atoms with Crippen LogP contribution < -0.4 is 0 Å². The molecule has 3 rings (SSSR count). The second-order valence-corrected chi connectivity index (χ2v) is 11.2. The summed E-state index contributed by atoms with van der Waals surface area (Å²) in [6, 6.07) is 0. The molecule has 0 spiro atoms. The monoisotopic (exact) mass is 582 g/mol. The van der Waals surface area contributed by atoms with Gasteiger partial charge in [0, 0.05) is 40.0 Å². The average Bonchev–Trinajstić information content (AvgIpc) is 3.06. The fourth-order valence-corrected chi connectivity index (χ4v) is 6.53. The van der Waals surface area contributed by atoms with Gasteiger partial charge in [-0.05, 0) is 18.6 Å². The third-order valence-corrected chi connectivity index (χ3v) is 8.45. The van der Waals surface area contributed by atoms with Crippen molar-refractivity contribution >= 4 is 41.4 Å². The van der Waals surface area contributed by atoms with Gasteiger partial charge in [0.15, 0.2) is 11.7 Å². The molecule has 0 bridgehead atoms. The maximum absolute atomic E-state index is 12.9. The van der Waals surface area contributed by atoms with Gasteiger partial charge in [-0.15, -0.1) is 11.6 Å². The topological polar surface area (TPSA) is 152 Å². The molecule has 0 aromatic heterocycles. The van der Waals surface area contributed by atoms with Crippen molar-refractivity contribution in [3.63, 3.8) is 0 Å². The van der Waals surface area contributed by atoms with Gasteiger partial charge in [-0.25, -0.2) is 0 Å². The van der Waals surface area contributed by atoms with Gasteiger partial charge in [-0.3, -0.25) is 24.0 Å². The van der Waals surface area contributed by atoms with Crippen molar-refractivity contribution in [2.45, 2.75) is 89.5 Å². The van der Waals surface area contributed by atoms with E-state index in [0.29, 0.717) is 5.57 Å². The summed E-state index contributed by atoms with van der Waals surface area (Å²) in [6.07, 6.45) is -3.81. The fraction of sp³-hybridized carbons (Fsp3) is 0.607. The van der Waals surface area contributed by atoms with Gasteiger partial charge in [0.2, 0.25) is 0 Å². The van der Waals surface area contributed by atoms with E-state index in [1.807, 2.05) is 0 Å². The Morgan fingerprint density at radius 1 is 0.975 bits per heavy atom. The summed E-state index contributed by atoms with van der Waals surface area (Å²) in [7, 11) is 0. The summed E-state index contributed by atoms with van der Waals surface area (Å²) < 4.78 is 28.4. The second-order valence-electron chi connectivity index (χ2n) is 10.7. The molecule has 11 nitrogen and oxygen atoms in total. The third kappa shape index (κ3) is 5.41. The molecular formula is C28H35ClO11. The van der Waals surface area contributed by atoms with Crippen LogP contribution in [0.25, 0.3) is 0 Å². The number of allylic oxidation sites excluding steroid dienone is 1. The Morgan fingerprint density at radius 2 is 1.50 bits per heavy atom. The molecule has 3 aliphatic rings. The molecule has 0 aromatic carbocycles. The van der Waals surface area contributed by atoms with Crippen LogP contribution in [0.15, 0.2) is 36.5 Å². The van der Waals surface area contributed by atoms with E-state index in [4.69, 9.17) is 35.3 Å². The molecule has 0 radical (unpaired) electrons. The van der Waals surface area contributed by atoms with Gasteiger partial charge in [-0.1, -0.05) is 31.7 Å². The number of carbonyl (C=O) groups excluding carboxylic acids is 5. The summed E-state index contributed by atoms with van der Waals surface area (Å²) in [6.45, 7) is 15.7. The number of hydrogen-bond donors (Lipinski definition) is 1. The van der Waals surface area contributed by atoms with Crippen LogP contribution in [0.5, 0.6) is 0 Å². The number of rotatable bonds is 4. The molecule has 1 unspecified atom stereocenters. The number of esters is 5. The minimum atomic E-state index is -2.24. The first-order valence-electron chi connectivity index (χ1n) is 12.8. The number of carbonyl (C=O) groups is 5. The van der Waals surface area contributed by atoms with Crippen molar-refractivity contribution in [3.8, 4) is 0 Å². The van der Waals surface area contributed by atoms with E-state index in [1.54, 1.807) is 6.92 Å². The molecule has 1 saturated heterocycles. The highest BCUT2D eigenvalue weighted by Gasteiger charge is 2.70. The van der Waals surface area contributed by atoms with Crippen LogP contribution in [0.3, 0.4) is 0 Å². The van der Waals surface area contributed by atoms with Crippen LogP contribution in [0.1, 0.15) is 48.0 Å². The van der Waals surface area contributed by atoms with Crippen LogP contribution in [0.4, 0.5) is 0 Å². The molecule has 1 heterocycles. The van der Waals surface area contributed by atoms with Crippen molar-refractivity contribution in [2.75, 3.05) is 0 Å². The van der Waals surface area contributed by atoms with Gasteiger partial charge in [0.05, 0.1) is 16.7 Å². The molecule has 12 heteroatoms. The molecule has 1 aliphatic heterocycles. The average molecular weight is 583 g/mol. The van der Waals surface area contributed by atoms with Crippen LogP contribution in [-0.4, -0.2) is 76.5 Å². The molecular weight excluding hydrogens is 548 g/mol. The van der Waals surface area contributed by atoms with E-state index in [0.717, 1.165) is 13.8 Å². The van der Waals surface area contributed by atoms with Gasteiger partial charge >= 0.3 is 29.8 Å². The summed E-state index contributed by atoms with van der Waals surface area (Å²) in [5, 5.41) is 11.2. The predicted octanol–water partition coefficient (Wildman–Crippen LogP) is 2.32. The van der Waals surface area contributed by atoms with E-state index in [9.17, 15) is 29.1 Å². The van der Waals surface area contributed by atoms with Crippen LogP contribution in [-0.2, 0) is 47.7 Å². The number of alkyl halides is 1. The first-order valence-corrected chi connectivity index (χ1v) is 13.2. The van der Waals surface area contributed by atoms with Gasteiger partial charge in [-0.2, -0.15) is 0 Å². The molecule has 2 fully saturated rings. The van der Waals surface area contributed by atoms with Crippen molar-refractivity contribution in [1.82, 2.24) is 0 Å². The highest BCUT2D eigenvalue weighted by atomic mass is 35.5. The fourth-order valence-electron chi connectivity index (χ4n) is 6.20. The summed E-state index contributed by atoms with van der Waals surface area (Å²) in [5.41, 5.74) is -3.36. The quantitative estimate of drug-likeness (QED) is 0.225. The minimum absolute atomic E-state index is 0.0764. The van der Waals surface area contributed by atoms with Crippen molar-refractivity contribution in [2.24, 2.45) is 17.3 Å². The van der Waals surface area contributed by atoms with Crippen LogP contribution in [0, 0.1) is 17.3 Å². The van der Waals surface area contributed by atoms with E-state index in [-0.39, 0.29) is 12.0 Å². The highest BCUT2D eigenvalue weighted by Crippen LogP contribution is 2.56. The second kappa shape index (κ2) is 11.4. The lowest BCUT2D eigenvalue weighted by molar-refractivity contribution is -0.231.